The zero-order valence-corrected chi connectivity index (χ0v) is 21.2. The summed E-state index contributed by atoms with van der Waals surface area (Å²) in [6, 6.07) is 11.7. The number of nitrogen functional groups attached to an aromatic ring is 1. The molecule has 3 aromatic heterocycles. The van der Waals surface area contributed by atoms with Crippen LogP contribution >= 0.6 is 0 Å². The average Bonchev–Trinajstić information content (AvgIpc) is 2.84. The molecule has 37 heavy (non-hydrogen) atoms. The number of methoxy groups -OCH3 is 1. The van der Waals surface area contributed by atoms with Crippen molar-refractivity contribution < 1.29 is 19.7 Å². The molecule has 0 unspecified atom stereocenters. The Bertz CT molecular complexity index is 1100. The number of nitrogens with zero attached hydrogens (tertiary/aromatic N) is 3. The molecule has 3 aromatic rings. The maximum atomic E-state index is 10.5. The molecule has 4 N–H and O–H groups in total. The molecule has 3 heterocycles. The van der Waals surface area contributed by atoms with Crippen molar-refractivity contribution >= 4 is 22.6 Å². The SMILES string of the molecule is C.CC(=O)CCC1CC(O)C1.COc1cccnc1N.OC1CC(CCc2ccc3cccnc3n2)C1. The summed E-state index contributed by atoms with van der Waals surface area (Å²) >= 11 is 0. The van der Waals surface area contributed by atoms with Crippen LogP contribution in [0, 0.1) is 11.8 Å². The number of carbonyl (C=O) groups excluding carboxylic acids is 1. The highest BCUT2D eigenvalue weighted by Gasteiger charge is 2.27. The summed E-state index contributed by atoms with van der Waals surface area (Å²) in [6.45, 7) is 1.62. The van der Waals surface area contributed by atoms with Crippen molar-refractivity contribution in [3.63, 3.8) is 0 Å². The summed E-state index contributed by atoms with van der Waals surface area (Å²) in [5, 5.41) is 19.2. The number of ether oxygens (including phenoxy) is 1. The minimum atomic E-state index is -0.0723. The summed E-state index contributed by atoms with van der Waals surface area (Å²) in [6.07, 6.45) is 10.8. The molecule has 0 atom stereocenters. The molecule has 202 valence electrons. The fourth-order valence-electron chi connectivity index (χ4n) is 4.34. The van der Waals surface area contributed by atoms with Gasteiger partial charge in [-0.3, -0.25) is 0 Å². The van der Waals surface area contributed by atoms with E-state index >= 15 is 0 Å². The highest BCUT2D eigenvalue weighted by molar-refractivity contribution is 5.75. The molecule has 0 aromatic carbocycles. The lowest BCUT2D eigenvalue weighted by atomic mass is 9.79. The largest absolute Gasteiger partial charge is 0.493 e. The minimum Gasteiger partial charge on any atom is -0.493 e. The number of ketones is 1. The fraction of sp³-hybridized carbons (Fsp3) is 0.517. The van der Waals surface area contributed by atoms with Gasteiger partial charge in [0, 0.05) is 29.9 Å². The van der Waals surface area contributed by atoms with Crippen LogP contribution in [-0.2, 0) is 11.2 Å². The van der Waals surface area contributed by atoms with E-state index in [1.807, 2.05) is 12.1 Å². The van der Waals surface area contributed by atoms with Crippen LogP contribution in [0.25, 0.3) is 11.0 Å². The molecular formula is C29H42N4O4. The standard InChI is InChI=1S/C14H16N2O.C8H14O2.C6H8N2O.CH4/c17-13-8-10(9-13)3-5-12-6-4-11-2-1-7-15-14(11)16-12;1-6(9)2-3-7-4-8(10)5-7;1-9-5-3-2-4-8-6(5)7;/h1-2,4,6-7,10,13,17H,3,5,8-9H2;7-8,10H,2-5H2,1H3;2-4H,1H3,(H2,7,8);1H4. The number of carbonyl (C=O) groups is 1. The van der Waals surface area contributed by atoms with Crippen molar-refractivity contribution in [2.45, 2.75) is 77.9 Å². The first kappa shape index (κ1) is 30.1. The third-order valence-corrected chi connectivity index (χ3v) is 6.68. The van der Waals surface area contributed by atoms with Gasteiger partial charge >= 0.3 is 0 Å². The molecule has 2 aliphatic rings. The second kappa shape index (κ2) is 15.2. The molecule has 8 nitrogen and oxygen atoms in total. The number of aromatic nitrogens is 3. The monoisotopic (exact) mass is 510 g/mol. The molecule has 0 bridgehead atoms. The molecule has 0 spiro atoms. The number of fused-ring (bicyclic) bond motifs is 1. The summed E-state index contributed by atoms with van der Waals surface area (Å²) in [5.41, 5.74) is 7.34. The summed E-state index contributed by atoms with van der Waals surface area (Å²) in [5.74, 6) is 2.63. The van der Waals surface area contributed by atoms with Gasteiger partial charge in [0.05, 0.1) is 19.3 Å². The lowest BCUT2D eigenvalue weighted by molar-refractivity contribution is -0.117. The van der Waals surface area contributed by atoms with Gasteiger partial charge in [0.2, 0.25) is 0 Å². The Morgan fingerprint density at radius 1 is 0.973 bits per heavy atom. The van der Waals surface area contributed by atoms with Gasteiger partial charge in [0.25, 0.3) is 0 Å². The first-order valence-electron chi connectivity index (χ1n) is 12.6. The van der Waals surface area contributed by atoms with E-state index in [1.165, 1.54) is 0 Å². The molecule has 0 radical (unpaired) electrons. The fourth-order valence-corrected chi connectivity index (χ4v) is 4.34. The summed E-state index contributed by atoms with van der Waals surface area (Å²) in [4.78, 5) is 23.1. The maximum absolute atomic E-state index is 10.5. The quantitative estimate of drug-likeness (QED) is 0.414. The first-order valence-corrected chi connectivity index (χ1v) is 12.6. The lowest BCUT2D eigenvalue weighted by Crippen LogP contribution is -2.28. The highest BCUT2D eigenvalue weighted by atomic mass is 16.5. The van der Waals surface area contributed by atoms with Gasteiger partial charge in [-0.15, -0.1) is 0 Å². The Hall–Kier alpha value is -3.10. The molecular weight excluding hydrogens is 468 g/mol. The van der Waals surface area contributed by atoms with Crippen LogP contribution in [0.1, 0.15) is 65.0 Å². The van der Waals surface area contributed by atoms with E-state index in [2.05, 4.69) is 27.1 Å². The smallest absolute Gasteiger partial charge is 0.166 e. The van der Waals surface area contributed by atoms with Crippen LogP contribution in [0.2, 0.25) is 0 Å². The zero-order chi connectivity index (χ0) is 25.9. The van der Waals surface area contributed by atoms with Crippen molar-refractivity contribution in [3.05, 3.63) is 54.5 Å². The van der Waals surface area contributed by atoms with Crippen LogP contribution in [-0.4, -0.2) is 50.3 Å². The van der Waals surface area contributed by atoms with E-state index in [1.54, 1.807) is 38.6 Å². The van der Waals surface area contributed by atoms with E-state index in [-0.39, 0.29) is 25.4 Å². The molecule has 5 rings (SSSR count). The number of rotatable bonds is 7. The van der Waals surface area contributed by atoms with E-state index in [0.29, 0.717) is 29.8 Å². The van der Waals surface area contributed by atoms with Gasteiger partial charge in [-0.1, -0.05) is 7.43 Å². The normalized spacial score (nSPS) is 21.5. The van der Waals surface area contributed by atoms with Crippen molar-refractivity contribution in [2.24, 2.45) is 11.8 Å². The molecule has 8 heteroatoms. The van der Waals surface area contributed by atoms with Crippen molar-refractivity contribution in [3.8, 4) is 5.75 Å². The Morgan fingerprint density at radius 3 is 2.16 bits per heavy atom. The number of aryl methyl sites for hydroxylation is 1. The number of pyridine rings is 3. The second-order valence-corrected chi connectivity index (χ2v) is 9.71. The van der Waals surface area contributed by atoms with Gasteiger partial charge in [0.15, 0.2) is 17.2 Å². The first-order chi connectivity index (χ1) is 17.3. The van der Waals surface area contributed by atoms with E-state index < -0.39 is 0 Å². The molecule has 2 saturated carbocycles. The summed E-state index contributed by atoms with van der Waals surface area (Å²) in [7, 11) is 1.56. The molecule has 0 amide bonds. The minimum absolute atomic E-state index is 0. The maximum Gasteiger partial charge on any atom is 0.166 e. The summed E-state index contributed by atoms with van der Waals surface area (Å²) < 4.78 is 4.86. The molecule has 0 saturated heterocycles. The van der Waals surface area contributed by atoms with E-state index in [4.69, 9.17) is 15.6 Å². The van der Waals surface area contributed by atoms with Crippen molar-refractivity contribution in [1.82, 2.24) is 15.0 Å². The van der Waals surface area contributed by atoms with Crippen LogP contribution in [0.4, 0.5) is 5.82 Å². The zero-order valence-electron chi connectivity index (χ0n) is 21.2. The molecule has 2 aliphatic carbocycles. The second-order valence-electron chi connectivity index (χ2n) is 9.71. The Balaban J connectivity index is 0.000000208. The van der Waals surface area contributed by atoms with E-state index in [0.717, 1.165) is 61.7 Å². The van der Waals surface area contributed by atoms with E-state index in [9.17, 15) is 9.90 Å². The van der Waals surface area contributed by atoms with Gasteiger partial charge in [-0.2, -0.15) is 0 Å². The molecule has 0 aliphatic heterocycles. The predicted molar refractivity (Wildman–Crippen MR) is 147 cm³/mol. The van der Waals surface area contributed by atoms with Crippen LogP contribution in [0.15, 0.2) is 48.8 Å². The number of Topliss-reactive ketones (excluding diaryl/α,β-unsaturated/α-hetero) is 1. The van der Waals surface area contributed by atoms with Gasteiger partial charge in [0.1, 0.15) is 5.78 Å². The number of aliphatic hydroxyl groups excluding tert-OH is 2. The Labute approximate surface area is 220 Å². The number of aliphatic hydroxyl groups is 2. The third kappa shape index (κ3) is 10.1. The van der Waals surface area contributed by atoms with Crippen LogP contribution < -0.4 is 10.5 Å². The van der Waals surface area contributed by atoms with Crippen molar-refractivity contribution in [2.75, 3.05) is 12.8 Å². The average molecular weight is 511 g/mol. The number of hydrogen-bond acceptors (Lipinski definition) is 8. The van der Waals surface area contributed by atoms with Crippen molar-refractivity contribution in [1.29, 1.82) is 0 Å². The third-order valence-electron chi connectivity index (χ3n) is 6.68. The van der Waals surface area contributed by atoms with Gasteiger partial charge in [-0.05, 0) is 100 Å². The Kier molecular flexibility index (Phi) is 12.4. The van der Waals surface area contributed by atoms with Gasteiger partial charge in [-0.25, -0.2) is 15.0 Å². The predicted octanol–water partition coefficient (Wildman–Crippen LogP) is 4.77. The lowest BCUT2D eigenvalue weighted by Gasteiger charge is -2.31. The highest BCUT2D eigenvalue weighted by Crippen LogP contribution is 2.31. The number of hydrogen-bond donors (Lipinski definition) is 3. The van der Waals surface area contributed by atoms with Gasteiger partial charge < -0.3 is 25.5 Å². The van der Waals surface area contributed by atoms with Crippen LogP contribution in [0.5, 0.6) is 5.75 Å². The van der Waals surface area contributed by atoms with Crippen LogP contribution in [0.3, 0.4) is 0 Å². The molecule has 2 fully saturated rings. The number of nitrogens with two attached hydrogens (primary N) is 1. The Morgan fingerprint density at radius 2 is 1.59 bits per heavy atom. The number of anilines is 1. The topological polar surface area (TPSA) is 131 Å².